The van der Waals surface area contributed by atoms with Crippen LogP contribution in [0.25, 0.3) is 0 Å². The maximum atomic E-state index is 16.6. The van der Waals surface area contributed by atoms with Crippen LogP contribution in [0.1, 0.15) is 116 Å². The molecule has 0 amide bonds. The summed E-state index contributed by atoms with van der Waals surface area (Å²) in [6, 6.07) is 0. The number of alkyl halides is 1. The van der Waals surface area contributed by atoms with Gasteiger partial charge in [-0.2, -0.15) is 0 Å². The van der Waals surface area contributed by atoms with E-state index in [1.165, 1.54) is 12.8 Å². The molecule has 3 fully saturated rings. The normalized spacial score (nSPS) is 48.7. The Labute approximate surface area is 262 Å². The standard InChI is InChI=1S/C40H72FN/c1-15-18-33-25(9)24(8)28(12)40(41)39(33)31(16-2)34-19-22(6)37(29(13)36(34)21(4)5)30(14)38-27(11)23(7)26(10)35(20-42)32(38)17-3/h16,21-29,31-36,38-40H,2,15,17-20,42H2,1,3-14H3/b37-30-. The number of nitrogens with two attached hydrogens (primary N) is 1. The molecule has 17 atom stereocenters. The number of halogens is 1. The second-order valence-electron chi connectivity index (χ2n) is 16.5. The van der Waals surface area contributed by atoms with Crippen molar-refractivity contribution in [3.63, 3.8) is 0 Å². The maximum Gasteiger partial charge on any atom is 0.107 e. The lowest BCUT2D eigenvalue weighted by atomic mass is 9.50. The lowest BCUT2D eigenvalue weighted by Crippen LogP contribution is -2.51. The van der Waals surface area contributed by atoms with E-state index < -0.39 is 6.17 Å². The van der Waals surface area contributed by atoms with Crippen molar-refractivity contribution >= 4 is 0 Å². The summed E-state index contributed by atoms with van der Waals surface area (Å²) in [5.74, 6) is 8.44. The summed E-state index contributed by atoms with van der Waals surface area (Å²) in [4.78, 5) is 0. The Kier molecular flexibility index (Phi) is 12.5. The number of hydrogen-bond donors (Lipinski definition) is 1. The Bertz CT molecular complexity index is 905. The van der Waals surface area contributed by atoms with Crippen LogP contribution in [0, 0.1) is 101 Å². The lowest BCUT2D eigenvalue weighted by molar-refractivity contribution is -0.0667. The van der Waals surface area contributed by atoms with Gasteiger partial charge in [0, 0.05) is 0 Å². The van der Waals surface area contributed by atoms with Gasteiger partial charge in [-0.15, -0.1) is 6.58 Å². The van der Waals surface area contributed by atoms with Crippen molar-refractivity contribution in [3.8, 4) is 0 Å². The molecule has 3 aliphatic carbocycles. The molecule has 0 spiro atoms. The molecule has 0 saturated heterocycles. The monoisotopic (exact) mass is 586 g/mol. The van der Waals surface area contributed by atoms with Gasteiger partial charge in [0.25, 0.3) is 0 Å². The maximum absolute atomic E-state index is 16.6. The van der Waals surface area contributed by atoms with Crippen molar-refractivity contribution in [2.24, 2.45) is 106 Å². The van der Waals surface area contributed by atoms with Crippen LogP contribution in [0.3, 0.4) is 0 Å². The Morgan fingerprint density at radius 3 is 1.93 bits per heavy atom. The number of rotatable bonds is 9. The quantitative estimate of drug-likeness (QED) is 0.268. The predicted octanol–water partition coefficient (Wildman–Crippen LogP) is 11.1. The fourth-order valence-electron chi connectivity index (χ4n) is 12.0. The van der Waals surface area contributed by atoms with Crippen molar-refractivity contribution in [1.82, 2.24) is 0 Å². The first kappa shape index (κ1) is 35.8. The third-order valence-electron chi connectivity index (χ3n) is 14.6. The van der Waals surface area contributed by atoms with Gasteiger partial charge in [-0.05, 0) is 120 Å². The van der Waals surface area contributed by atoms with Crippen LogP contribution >= 0.6 is 0 Å². The van der Waals surface area contributed by atoms with Crippen molar-refractivity contribution in [1.29, 1.82) is 0 Å². The van der Waals surface area contributed by atoms with E-state index in [0.717, 1.165) is 19.4 Å². The average Bonchev–Trinajstić information content (AvgIpc) is 2.94. The summed E-state index contributed by atoms with van der Waals surface area (Å²) in [6.07, 6.45) is 6.14. The van der Waals surface area contributed by atoms with Crippen molar-refractivity contribution in [3.05, 3.63) is 23.8 Å². The van der Waals surface area contributed by atoms with Gasteiger partial charge in [0.2, 0.25) is 0 Å². The first-order valence-corrected chi connectivity index (χ1v) is 18.4. The molecule has 3 saturated carbocycles. The molecule has 3 aliphatic rings. The van der Waals surface area contributed by atoms with Gasteiger partial charge in [-0.1, -0.05) is 120 Å². The van der Waals surface area contributed by atoms with Crippen LogP contribution in [-0.2, 0) is 0 Å². The molecule has 0 aliphatic heterocycles. The third kappa shape index (κ3) is 6.24. The molecule has 0 aromatic carbocycles. The van der Waals surface area contributed by atoms with E-state index in [4.69, 9.17) is 5.73 Å². The van der Waals surface area contributed by atoms with Crippen LogP contribution < -0.4 is 5.73 Å². The second-order valence-corrected chi connectivity index (χ2v) is 16.5. The molecule has 0 aromatic heterocycles. The van der Waals surface area contributed by atoms with Crippen LogP contribution in [-0.4, -0.2) is 12.7 Å². The summed E-state index contributed by atoms with van der Waals surface area (Å²) in [5, 5.41) is 0. The molecule has 0 aromatic rings. The Balaban J connectivity index is 2.08. The van der Waals surface area contributed by atoms with E-state index in [0.29, 0.717) is 82.9 Å². The Hall–Kier alpha value is -0.630. The topological polar surface area (TPSA) is 26.0 Å². The number of allylic oxidation sites excluding steroid dienone is 3. The van der Waals surface area contributed by atoms with E-state index in [1.807, 2.05) is 0 Å². The summed E-state index contributed by atoms with van der Waals surface area (Å²) in [7, 11) is 0. The summed E-state index contributed by atoms with van der Waals surface area (Å²) in [5.41, 5.74) is 9.90. The smallest absolute Gasteiger partial charge is 0.107 e. The van der Waals surface area contributed by atoms with Gasteiger partial charge >= 0.3 is 0 Å². The van der Waals surface area contributed by atoms with Crippen molar-refractivity contribution < 1.29 is 4.39 Å². The van der Waals surface area contributed by atoms with Gasteiger partial charge in [-0.25, -0.2) is 4.39 Å². The van der Waals surface area contributed by atoms with Gasteiger partial charge in [-0.3, -0.25) is 0 Å². The highest BCUT2D eigenvalue weighted by atomic mass is 19.1. The van der Waals surface area contributed by atoms with Gasteiger partial charge in [0.05, 0.1) is 0 Å². The summed E-state index contributed by atoms with van der Waals surface area (Å²) < 4.78 is 16.6. The first-order valence-electron chi connectivity index (χ1n) is 18.4. The zero-order chi connectivity index (χ0) is 31.8. The minimum absolute atomic E-state index is 0.0939. The van der Waals surface area contributed by atoms with Gasteiger partial charge in [0.15, 0.2) is 0 Å². The third-order valence-corrected chi connectivity index (χ3v) is 14.6. The zero-order valence-corrected chi connectivity index (χ0v) is 30.2. The summed E-state index contributed by atoms with van der Waals surface area (Å²) >= 11 is 0. The Morgan fingerprint density at radius 1 is 0.857 bits per heavy atom. The molecule has 0 radical (unpaired) electrons. The fraction of sp³-hybridized carbons (Fsp3) is 0.900. The highest BCUT2D eigenvalue weighted by Crippen LogP contribution is 2.58. The molecule has 3 rings (SSSR count). The zero-order valence-electron chi connectivity index (χ0n) is 30.2. The van der Waals surface area contributed by atoms with Crippen molar-refractivity contribution in [2.75, 3.05) is 6.54 Å². The number of hydrogen-bond acceptors (Lipinski definition) is 1. The minimum Gasteiger partial charge on any atom is -0.330 e. The average molecular weight is 586 g/mol. The largest absolute Gasteiger partial charge is 0.330 e. The molecule has 0 bridgehead atoms. The molecule has 2 N–H and O–H groups in total. The van der Waals surface area contributed by atoms with E-state index in [9.17, 15) is 0 Å². The molecule has 244 valence electrons. The lowest BCUT2D eigenvalue weighted by Gasteiger charge is -2.55. The van der Waals surface area contributed by atoms with Crippen LogP contribution in [0.5, 0.6) is 0 Å². The van der Waals surface area contributed by atoms with Crippen LogP contribution in [0.2, 0.25) is 0 Å². The van der Waals surface area contributed by atoms with Crippen molar-refractivity contribution in [2.45, 2.75) is 122 Å². The molecule has 0 heterocycles. The van der Waals surface area contributed by atoms with Gasteiger partial charge < -0.3 is 5.73 Å². The molecule has 42 heavy (non-hydrogen) atoms. The molecule has 2 heteroatoms. The Morgan fingerprint density at radius 2 is 1.43 bits per heavy atom. The van der Waals surface area contributed by atoms with Gasteiger partial charge in [0.1, 0.15) is 6.17 Å². The molecule has 1 nitrogen and oxygen atoms in total. The van der Waals surface area contributed by atoms with E-state index in [2.05, 4.69) is 103 Å². The molecular formula is C40H72FN. The fourth-order valence-corrected chi connectivity index (χ4v) is 12.0. The van der Waals surface area contributed by atoms with E-state index >= 15 is 4.39 Å². The second kappa shape index (κ2) is 14.6. The first-order chi connectivity index (χ1) is 19.7. The molecule has 17 unspecified atom stereocenters. The minimum atomic E-state index is -0.738. The van der Waals surface area contributed by atoms with Crippen LogP contribution in [0.4, 0.5) is 4.39 Å². The van der Waals surface area contributed by atoms with Crippen LogP contribution in [0.15, 0.2) is 23.8 Å². The summed E-state index contributed by atoms with van der Waals surface area (Å²) in [6.45, 7) is 36.7. The highest BCUT2D eigenvalue weighted by molar-refractivity contribution is 5.26. The van der Waals surface area contributed by atoms with E-state index in [1.54, 1.807) is 11.1 Å². The SMILES string of the molecule is C=CC(C1CC(C)/C(=C(\C)C2C(C)C(C)C(C)C(CN)C2CC)C(C)C1C(C)C)C1C(F)C(C)C(C)C(C)C1CCC. The highest BCUT2D eigenvalue weighted by Gasteiger charge is 2.53. The van der Waals surface area contributed by atoms with E-state index in [-0.39, 0.29) is 17.8 Å². The molecular weight excluding hydrogens is 513 g/mol. The predicted molar refractivity (Wildman–Crippen MR) is 183 cm³/mol.